The van der Waals surface area contributed by atoms with Crippen LogP contribution in [0.5, 0.6) is 0 Å². The number of hydrogen-bond donors (Lipinski definition) is 2. The minimum absolute atomic E-state index is 0.140. The lowest BCUT2D eigenvalue weighted by molar-refractivity contribution is -0.138. The zero-order valence-corrected chi connectivity index (χ0v) is 24.0. The second kappa shape index (κ2) is 13.5. The number of nitrogens with one attached hydrogen (secondary N) is 2. The van der Waals surface area contributed by atoms with Gasteiger partial charge in [-0.2, -0.15) is 13.2 Å². The van der Waals surface area contributed by atoms with Gasteiger partial charge in [0, 0.05) is 18.7 Å². The predicted octanol–water partition coefficient (Wildman–Crippen LogP) is 5.46. The predicted molar refractivity (Wildman–Crippen MR) is 151 cm³/mol. The molecule has 0 radical (unpaired) electrons. The van der Waals surface area contributed by atoms with Crippen molar-refractivity contribution in [2.45, 2.75) is 47.4 Å². The van der Waals surface area contributed by atoms with E-state index in [0.717, 1.165) is 30.5 Å². The van der Waals surface area contributed by atoms with Gasteiger partial charge in [0.25, 0.3) is 5.91 Å². The lowest BCUT2D eigenvalue weighted by atomic mass is 10.0. The van der Waals surface area contributed by atoms with Crippen LogP contribution in [-0.2, 0) is 32.5 Å². The van der Waals surface area contributed by atoms with Crippen molar-refractivity contribution in [3.05, 3.63) is 108 Å². The Morgan fingerprint density at radius 1 is 0.927 bits per heavy atom. The number of sulfone groups is 1. The topological polar surface area (TPSA) is 109 Å². The summed E-state index contributed by atoms with van der Waals surface area (Å²) in [6.07, 6.45) is -1.64. The first-order chi connectivity index (χ1) is 19.3. The third-order valence-electron chi connectivity index (χ3n) is 6.32. The fourth-order valence-corrected chi connectivity index (χ4v) is 6.91. The Balaban J connectivity index is 1.83. The average molecular weight is 609 g/mol. The van der Waals surface area contributed by atoms with Crippen molar-refractivity contribution in [1.29, 1.82) is 0 Å². The van der Waals surface area contributed by atoms with Gasteiger partial charge in [-0.15, -0.1) is 6.58 Å². The van der Waals surface area contributed by atoms with Gasteiger partial charge in [0.2, 0.25) is 19.9 Å². The third-order valence-corrected chi connectivity index (χ3v) is 9.81. The van der Waals surface area contributed by atoms with Gasteiger partial charge in [-0.25, -0.2) is 21.6 Å². The highest BCUT2D eigenvalue weighted by molar-refractivity contribution is 7.91. The number of unbranched alkanes of at least 4 members (excludes halogenated alkanes) is 1. The van der Waals surface area contributed by atoms with Crippen molar-refractivity contribution in [3.63, 3.8) is 0 Å². The molecule has 1 amide bonds. The first kappa shape index (κ1) is 32.0. The van der Waals surface area contributed by atoms with Gasteiger partial charge in [-0.3, -0.25) is 4.79 Å². The van der Waals surface area contributed by atoms with Crippen LogP contribution in [0, 0.1) is 0 Å². The molecule has 0 saturated carbocycles. The van der Waals surface area contributed by atoms with E-state index in [1.54, 1.807) is 18.2 Å². The third kappa shape index (κ3) is 7.84. The molecule has 220 valence electrons. The summed E-state index contributed by atoms with van der Waals surface area (Å²) in [6.45, 7) is 4.97. The Morgan fingerprint density at radius 3 is 2.22 bits per heavy atom. The van der Waals surface area contributed by atoms with Gasteiger partial charge in [0.05, 0.1) is 15.4 Å². The summed E-state index contributed by atoms with van der Waals surface area (Å²) < 4.78 is 96.3. The van der Waals surface area contributed by atoms with Crippen LogP contribution in [0.1, 0.15) is 52.1 Å². The maximum atomic E-state index is 13.9. The lowest BCUT2D eigenvalue weighted by Crippen LogP contribution is -2.37. The molecule has 1 atom stereocenters. The zero-order chi connectivity index (χ0) is 30.3. The van der Waals surface area contributed by atoms with E-state index >= 15 is 0 Å². The van der Waals surface area contributed by atoms with Gasteiger partial charge in [0.15, 0.2) is 0 Å². The Hall–Kier alpha value is -3.48. The second-order valence-corrected chi connectivity index (χ2v) is 13.0. The molecule has 0 spiro atoms. The van der Waals surface area contributed by atoms with E-state index < -0.39 is 53.2 Å². The highest BCUT2D eigenvalue weighted by atomic mass is 32.2. The van der Waals surface area contributed by atoms with Crippen molar-refractivity contribution in [2.75, 3.05) is 13.1 Å². The quantitative estimate of drug-likeness (QED) is 0.198. The number of aryl methyl sites for hydroxylation is 1. The van der Waals surface area contributed by atoms with Gasteiger partial charge >= 0.3 is 6.18 Å². The van der Waals surface area contributed by atoms with Crippen molar-refractivity contribution in [2.24, 2.45) is 0 Å². The number of benzene rings is 3. The van der Waals surface area contributed by atoms with E-state index in [9.17, 15) is 34.8 Å². The number of hydrogen-bond acceptors (Lipinski definition) is 5. The number of sulfonamides is 1. The fraction of sp³-hybridized carbons (Fsp3) is 0.276. The van der Waals surface area contributed by atoms with Crippen molar-refractivity contribution < 1.29 is 34.8 Å². The van der Waals surface area contributed by atoms with Crippen LogP contribution in [0.25, 0.3) is 0 Å². The average Bonchev–Trinajstić information content (AvgIpc) is 2.94. The highest BCUT2D eigenvalue weighted by Gasteiger charge is 2.39. The number of carbonyl (C=O) groups excluding carboxylic acids is 1. The molecule has 0 aliphatic carbocycles. The first-order valence-electron chi connectivity index (χ1n) is 12.8. The van der Waals surface area contributed by atoms with Crippen LogP contribution in [0.15, 0.2) is 95.2 Å². The summed E-state index contributed by atoms with van der Waals surface area (Å²) in [5.41, 5.74) is -0.786. The Kier molecular flexibility index (Phi) is 10.5. The van der Waals surface area contributed by atoms with E-state index in [2.05, 4.69) is 16.6 Å². The minimum Gasteiger partial charge on any atom is -0.351 e. The monoisotopic (exact) mass is 608 g/mol. The van der Waals surface area contributed by atoms with Gasteiger partial charge in [-0.1, -0.05) is 55.8 Å². The van der Waals surface area contributed by atoms with E-state index in [1.807, 2.05) is 19.1 Å². The zero-order valence-electron chi connectivity index (χ0n) is 22.3. The smallest absolute Gasteiger partial charge is 0.351 e. The minimum atomic E-state index is -4.97. The maximum Gasteiger partial charge on any atom is 0.416 e. The maximum absolute atomic E-state index is 13.9. The molecule has 7 nitrogen and oxygen atoms in total. The number of halogens is 3. The molecule has 0 aliphatic rings. The molecule has 3 aromatic carbocycles. The summed E-state index contributed by atoms with van der Waals surface area (Å²) in [6, 6.07) is 16.2. The summed E-state index contributed by atoms with van der Waals surface area (Å²) in [7, 11) is -8.77. The Labute approximate surface area is 238 Å². The second-order valence-electron chi connectivity index (χ2n) is 9.18. The number of rotatable bonds is 13. The molecule has 3 rings (SSSR count). The van der Waals surface area contributed by atoms with E-state index in [-0.39, 0.29) is 18.0 Å². The molecule has 0 aliphatic heterocycles. The van der Waals surface area contributed by atoms with Crippen LogP contribution in [0.2, 0.25) is 0 Å². The van der Waals surface area contributed by atoms with E-state index in [1.165, 1.54) is 24.3 Å². The highest BCUT2D eigenvalue weighted by Crippen LogP contribution is 2.39. The van der Waals surface area contributed by atoms with Crippen molar-refractivity contribution >= 4 is 25.8 Å². The van der Waals surface area contributed by atoms with E-state index in [4.69, 9.17) is 0 Å². The molecule has 3 aromatic rings. The van der Waals surface area contributed by atoms with Crippen LogP contribution >= 0.6 is 0 Å². The Bertz CT molecular complexity index is 1590. The van der Waals surface area contributed by atoms with Gasteiger partial charge in [0.1, 0.15) is 5.25 Å². The molecule has 12 heteroatoms. The van der Waals surface area contributed by atoms with Crippen LogP contribution < -0.4 is 10.0 Å². The summed E-state index contributed by atoms with van der Waals surface area (Å²) in [5.74, 6) is -0.408. The van der Waals surface area contributed by atoms with Crippen molar-refractivity contribution in [1.82, 2.24) is 10.0 Å². The molecule has 0 aromatic heterocycles. The fourth-order valence-electron chi connectivity index (χ4n) is 4.24. The standard InChI is InChI=1S/C29H31F3N2O5S2/c1-3-5-11-21-12-9-10-15-24(21)28(35)33-18-19-34-41(38,39)27(4-2)25-20-23(16-17-26(25)29(30,31)32)40(36,37)22-13-7-6-8-14-22/h4,6-10,12-17,20,27,34H,2-3,5,11,18-19H2,1H3,(H,33,35). The molecule has 1 unspecified atom stereocenters. The van der Waals surface area contributed by atoms with Gasteiger partial charge < -0.3 is 5.32 Å². The first-order valence-corrected chi connectivity index (χ1v) is 15.8. The van der Waals surface area contributed by atoms with Crippen LogP contribution in [-0.4, -0.2) is 35.8 Å². The Morgan fingerprint density at radius 2 is 1.59 bits per heavy atom. The molecule has 0 heterocycles. The molecule has 41 heavy (non-hydrogen) atoms. The number of amides is 1. The lowest BCUT2D eigenvalue weighted by Gasteiger charge is -2.21. The van der Waals surface area contributed by atoms with Crippen LogP contribution in [0.3, 0.4) is 0 Å². The molecule has 0 bridgehead atoms. The molecular formula is C29H31F3N2O5S2. The molecule has 0 fully saturated rings. The number of carbonyl (C=O) groups is 1. The largest absolute Gasteiger partial charge is 0.416 e. The summed E-state index contributed by atoms with van der Waals surface area (Å²) in [4.78, 5) is 12.0. The molecule has 0 saturated heterocycles. The van der Waals surface area contributed by atoms with Gasteiger partial charge in [-0.05, 0) is 60.4 Å². The van der Waals surface area contributed by atoms with Crippen LogP contribution in [0.4, 0.5) is 13.2 Å². The number of alkyl halides is 3. The molecular weight excluding hydrogens is 577 g/mol. The van der Waals surface area contributed by atoms with Crippen molar-refractivity contribution in [3.8, 4) is 0 Å². The summed E-state index contributed by atoms with van der Waals surface area (Å²) >= 11 is 0. The molecule has 2 N–H and O–H groups in total. The SMILES string of the molecule is C=CC(c1cc(S(=O)(=O)c2ccccc2)ccc1C(F)(F)F)S(=O)(=O)NCCNC(=O)c1ccccc1CCCC. The summed E-state index contributed by atoms with van der Waals surface area (Å²) in [5, 5.41) is 0.682. The normalized spacial score (nSPS) is 13.0. The van der Waals surface area contributed by atoms with E-state index in [0.29, 0.717) is 24.1 Å².